The van der Waals surface area contributed by atoms with E-state index in [1.807, 2.05) is 30.3 Å². The van der Waals surface area contributed by atoms with E-state index in [2.05, 4.69) is 10.6 Å². The molecule has 1 saturated heterocycles. The maximum atomic E-state index is 12.1. The minimum absolute atomic E-state index is 0.0586. The molecule has 0 spiro atoms. The van der Waals surface area contributed by atoms with Crippen molar-refractivity contribution in [2.45, 2.75) is 25.8 Å². The Hall–Kier alpha value is -2.86. The Morgan fingerprint density at radius 1 is 1.04 bits per heavy atom. The lowest BCUT2D eigenvalue weighted by Crippen LogP contribution is -2.32. The molecule has 3 rings (SSSR count). The van der Waals surface area contributed by atoms with Gasteiger partial charge in [0.05, 0.1) is 10.7 Å². The largest absolute Gasteiger partial charge is 0.380 e. The van der Waals surface area contributed by atoms with Gasteiger partial charge in [-0.25, -0.2) is 0 Å². The molecule has 2 aromatic carbocycles. The van der Waals surface area contributed by atoms with E-state index in [9.17, 15) is 14.4 Å². The van der Waals surface area contributed by atoms with E-state index >= 15 is 0 Å². The first-order valence-electron chi connectivity index (χ1n) is 8.73. The Labute approximate surface area is 162 Å². The zero-order chi connectivity index (χ0) is 19.2. The first-order valence-corrected chi connectivity index (χ1v) is 9.11. The molecular weight excluding hydrogens is 366 g/mol. The van der Waals surface area contributed by atoms with Crippen LogP contribution in [0, 0.1) is 0 Å². The fraction of sp³-hybridized carbons (Fsp3) is 0.250. The Bertz CT molecular complexity index is 839. The predicted molar refractivity (Wildman–Crippen MR) is 104 cm³/mol. The van der Waals surface area contributed by atoms with Gasteiger partial charge in [0.1, 0.15) is 0 Å². The monoisotopic (exact) mass is 385 g/mol. The van der Waals surface area contributed by atoms with Gasteiger partial charge in [0.2, 0.25) is 17.7 Å². The number of nitrogens with zero attached hydrogens (tertiary/aromatic N) is 1. The highest BCUT2D eigenvalue weighted by molar-refractivity contribution is 6.33. The molecule has 1 aliphatic heterocycles. The van der Waals surface area contributed by atoms with Crippen LogP contribution in [-0.2, 0) is 20.9 Å². The lowest BCUT2D eigenvalue weighted by Gasteiger charge is -2.14. The minimum Gasteiger partial charge on any atom is -0.380 e. The summed E-state index contributed by atoms with van der Waals surface area (Å²) in [5.74, 6) is -0.710. The molecule has 0 bridgehead atoms. The molecule has 0 radical (unpaired) electrons. The van der Waals surface area contributed by atoms with Gasteiger partial charge in [-0.15, -0.1) is 0 Å². The summed E-state index contributed by atoms with van der Waals surface area (Å²) in [5, 5.41) is 6.49. The van der Waals surface area contributed by atoms with Crippen LogP contribution in [0.25, 0.3) is 0 Å². The third kappa shape index (κ3) is 5.08. The Kier molecular flexibility index (Phi) is 6.08. The molecular formula is C20H20ClN3O3. The van der Waals surface area contributed by atoms with Crippen LogP contribution in [-0.4, -0.2) is 29.2 Å². The highest BCUT2D eigenvalue weighted by Gasteiger charge is 2.28. The van der Waals surface area contributed by atoms with E-state index in [0.717, 1.165) is 16.2 Å². The zero-order valence-electron chi connectivity index (χ0n) is 14.7. The molecule has 0 aliphatic carbocycles. The first kappa shape index (κ1) is 18.9. The number of halogens is 1. The van der Waals surface area contributed by atoms with Gasteiger partial charge in [0, 0.05) is 38.0 Å². The molecule has 2 N–H and O–H groups in total. The van der Waals surface area contributed by atoms with Gasteiger partial charge < -0.3 is 10.6 Å². The number of anilines is 2. The van der Waals surface area contributed by atoms with Gasteiger partial charge in [-0.3, -0.25) is 19.3 Å². The summed E-state index contributed by atoms with van der Waals surface area (Å²) in [5.41, 5.74) is 2.47. The molecule has 0 saturated carbocycles. The molecule has 2 aromatic rings. The fourth-order valence-corrected chi connectivity index (χ4v) is 3.09. The Morgan fingerprint density at radius 3 is 2.41 bits per heavy atom. The Balaban J connectivity index is 1.51. The van der Waals surface area contributed by atoms with Gasteiger partial charge in [-0.2, -0.15) is 0 Å². The highest BCUT2D eigenvalue weighted by atomic mass is 35.5. The maximum absolute atomic E-state index is 12.1. The number of carbonyl (C=O) groups excluding carboxylic acids is 3. The topological polar surface area (TPSA) is 78.5 Å². The molecule has 7 heteroatoms. The molecule has 1 fully saturated rings. The number of benzene rings is 2. The Morgan fingerprint density at radius 2 is 1.74 bits per heavy atom. The van der Waals surface area contributed by atoms with Crippen molar-refractivity contribution >= 4 is 40.7 Å². The quantitative estimate of drug-likeness (QED) is 0.716. The van der Waals surface area contributed by atoms with Crippen molar-refractivity contribution in [3.05, 3.63) is 59.1 Å². The molecule has 0 unspecified atom stereocenters. The van der Waals surface area contributed by atoms with Gasteiger partial charge in [0.25, 0.3) is 0 Å². The molecule has 0 atom stereocenters. The zero-order valence-corrected chi connectivity index (χ0v) is 15.5. The summed E-state index contributed by atoms with van der Waals surface area (Å²) in [4.78, 5) is 36.3. The smallest absolute Gasteiger partial charge is 0.229 e. The number of hydrogen-bond donors (Lipinski definition) is 2. The highest BCUT2D eigenvalue weighted by Crippen LogP contribution is 2.26. The summed E-state index contributed by atoms with van der Waals surface area (Å²) >= 11 is 6.29. The van der Waals surface area contributed by atoms with Gasteiger partial charge in [0.15, 0.2) is 0 Å². The van der Waals surface area contributed by atoms with E-state index in [-0.39, 0.29) is 43.5 Å². The van der Waals surface area contributed by atoms with E-state index in [1.54, 1.807) is 18.2 Å². The van der Waals surface area contributed by atoms with Crippen LogP contribution in [0.5, 0.6) is 0 Å². The molecule has 27 heavy (non-hydrogen) atoms. The van der Waals surface area contributed by atoms with Crippen LogP contribution >= 0.6 is 11.6 Å². The second-order valence-electron chi connectivity index (χ2n) is 6.27. The third-order valence-corrected chi connectivity index (χ3v) is 4.61. The van der Waals surface area contributed by atoms with Crippen LogP contribution in [0.2, 0.25) is 5.02 Å². The fourth-order valence-electron chi connectivity index (χ4n) is 2.84. The molecule has 0 aromatic heterocycles. The summed E-state index contributed by atoms with van der Waals surface area (Å²) in [6, 6.07) is 15.2. The van der Waals surface area contributed by atoms with E-state index in [1.165, 1.54) is 0 Å². The molecule has 1 heterocycles. The molecule has 6 nitrogen and oxygen atoms in total. The average molecular weight is 386 g/mol. The SMILES string of the molecule is O=C(CCN1C(=O)CCC1=O)Nc1ccc(NCc2ccccc2)c(Cl)c1. The predicted octanol–water partition coefficient (Wildman–Crippen LogP) is 3.43. The third-order valence-electron chi connectivity index (χ3n) is 4.30. The van der Waals surface area contributed by atoms with Crippen molar-refractivity contribution in [2.24, 2.45) is 0 Å². The minimum atomic E-state index is -0.274. The number of amides is 3. The number of hydrogen-bond acceptors (Lipinski definition) is 4. The normalized spacial score (nSPS) is 13.7. The maximum Gasteiger partial charge on any atom is 0.229 e. The summed E-state index contributed by atoms with van der Waals surface area (Å²) in [6.07, 6.45) is 0.518. The van der Waals surface area contributed by atoms with Crippen LogP contribution < -0.4 is 10.6 Å². The molecule has 3 amide bonds. The van der Waals surface area contributed by atoms with Gasteiger partial charge in [-0.05, 0) is 23.8 Å². The van der Waals surface area contributed by atoms with Crippen molar-refractivity contribution in [3.63, 3.8) is 0 Å². The standard InChI is InChI=1S/C20H20ClN3O3/c21-16-12-15(6-7-17(16)22-13-14-4-2-1-3-5-14)23-18(25)10-11-24-19(26)8-9-20(24)27/h1-7,12,22H,8-11,13H2,(H,23,25). The second kappa shape index (κ2) is 8.68. The van der Waals surface area contributed by atoms with Gasteiger partial charge in [-0.1, -0.05) is 41.9 Å². The average Bonchev–Trinajstić information content (AvgIpc) is 2.98. The van der Waals surface area contributed by atoms with E-state index < -0.39 is 0 Å². The van der Waals surface area contributed by atoms with Crippen LogP contribution in [0.15, 0.2) is 48.5 Å². The summed E-state index contributed by atoms with van der Waals surface area (Å²) < 4.78 is 0. The van der Waals surface area contributed by atoms with Crippen molar-refractivity contribution < 1.29 is 14.4 Å². The summed E-state index contributed by atoms with van der Waals surface area (Å²) in [7, 11) is 0. The second-order valence-corrected chi connectivity index (χ2v) is 6.68. The van der Waals surface area contributed by atoms with Crippen LogP contribution in [0.3, 0.4) is 0 Å². The number of rotatable bonds is 7. The van der Waals surface area contributed by atoms with Gasteiger partial charge >= 0.3 is 0 Å². The van der Waals surface area contributed by atoms with Crippen molar-refractivity contribution in [1.82, 2.24) is 4.90 Å². The summed E-state index contributed by atoms with van der Waals surface area (Å²) in [6.45, 7) is 0.748. The number of carbonyl (C=O) groups is 3. The van der Waals surface area contributed by atoms with Crippen molar-refractivity contribution in [3.8, 4) is 0 Å². The van der Waals surface area contributed by atoms with E-state index in [0.29, 0.717) is 17.3 Å². The first-order chi connectivity index (χ1) is 13.0. The van der Waals surface area contributed by atoms with Crippen molar-refractivity contribution in [1.29, 1.82) is 0 Å². The van der Waals surface area contributed by atoms with E-state index in [4.69, 9.17) is 11.6 Å². The number of imide groups is 1. The molecule has 140 valence electrons. The number of likely N-dealkylation sites (tertiary alicyclic amines) is 1. The lowest BCUT2D eigenvalue weighted by atomic mass is 10.2. The molecule has 1 aliphatic rings. The van der Waals surface area contributed by atoms with Crippen LogP contribution in [0.4, 0.5) is 11.4 Å². The lowest BCUT2D eigenvalue weighted by molar-refractivity contribution is -0.138. The number of nitrogens with one attached hydrogen (secondary N) is 2. The van der Waals surface area contributed by atoms with Crippen LogP contribution in [0.1, 0.15) is 24.8 Å². The van der Waals surface area contributed by atoms with Crippen molar-refractivity contribution in [2.75, 3.05) is 17.2 Å².